The summed E-state index contributed by atoms with van der Waals surface area (Å²) in [6.45, 7) is 5.00. The summed E-state index contributed by atoms with van der Waals surface area (Å²) in [6, 6.07) is 0.151. The molecular weight excluding hydrogens is 314 g/mol. The molecule has 1 saturated carbocycles. The predicted octanol–water partition coefficient (Wildman–Crippen LogP) is 1.12. The van der Waals surface area contributed by atoms with Gasteiger partial charge in [0.25, 0.3) is 0 Å². The van der Waals surface area contributed by atoms with Crippen LogP contribution < -0.4 is 4.72 Å². The summed E-state index contributed by atoms with van der Waals surface area (Å²) >= 11 is 0. The number of likely N-dealkylation sites (tertiary alicyclic amines) is 1. The second-order valence-corrected chi connectivity index (χ2v) is 8.63. The van der Waals surface area contributed by atoms with E-state index in [4.69, 9.17) is 0 Å². The molecule has 1 aliphatic carbocycles. The molecule has 7 nitrogen and oxygen atoms in total. The molecule has 2 fully saturated rings. The van der Waals surface area contributed by atoms with Crippen LogP contribution in [0.5, 0.6) is 0 Å². The van der Waals surface area contributed by atoms with Gasteiger partial charge in [-0.2, -0.15) is 5.10 Å². The van der Waals surface area contributed by atoms with Crippen LogP contribution in [0.1, 0.15) is 51.3 Å². The Morgan fingerprint density at radius 3 is 2.78 bits per heavy atom. The van der Waals surface area contributed by atoms with Gasteiger partial charge >= 0.3 is 0 Å². The van der Waals surface area contributed by atoms with E-state index in [1.54, 1.807) is 6.33 Å². The summed E-state index contributed by atoms with van der Waals surface area (Å²) in [5.41, 5.74) is 0. The lowest BCUT2D eigenvalue weighted by Gasteiger charge is -2.32. The first-order valence-electron chi connectivity index (χ1n) is 8.68. The van der Waals surface area contributed by atoms with Gasteiger partial charge in [0, 0.05) is 19.1 Å². The Hall–Kier alpha value is -0.990. The molecule has 2 heterocycles. The number of nitrogens with zero attached hydrogens (tertiary/aromatic N) is 4. The van der Waals surface area contributed by atoms with Gasteiger partial charge in [-0.1, -0.05) is 12.8 Å². The molecule has 1 N–H and O–H groups in total. The molecule has 1 aromatic heterocycles. The van der Waals surface area contributed by atoms with Crippen molar-refractivity contribution in [3.05, 3.63) is 12.2 Å². The first-order valence-corrected chi connectivity index (χ1v) is 10.2. The van der Waals surface area contributed by atoms with Crippen molar-refractivity contribution in [1.29, 1.82) is 0 Å². The molecule has 1 atom stereocenters. The van der Waals surface area contributed by atoms with Crippen molar-refractivity contribution in [1.82, 2.24) is 24.4 Å². The molecule has 2 aliphatic rings. The molecule has 8 heteroatoms. The fourth-order valence-electron chi connectivity index (χ4n) is 3.66. The number of piperidine rings is 1. The van der Waals surface area contributed by atoms with Gasteiger partial charge in [0.1, 0.15) is 12.2 Å². The maximum absolute atomic E-state index is 12.6. The van der Waals surface area contributed by atoms with Crippen LogP contribution in [-0.2, 0) is 23.1 Å². The molecule has 1 saturated heterocycles. The van der Waals surface area contributed by atoms with E-state index in [1.165, 1.54) is 0 Å². The first kappa shape index (κ1) is 16.9. The molecule has 0 bridgehead atoms. The zero-order valence-electron chi connectivity index (χ0n) is 13.8. The second-order valence-electron chi connectivity index (χ2n) is 6.64. The zero-order valence-corrected chi connectivity index (χ0v) is 14.6. The van der Waals surface area contributed by atoms with Crippen molar-refractivity contribution >= 4 is 10.0 Å². The Morgan fingerprint density at radius 2 is 2.04 bits per heavy atom. The SMILES string of the molecule is CCn1ncnc1CN1CCC[C@@H](S(=O)(=O)NC2CCCC2)C1. The third-order valence-corrected chi connectivity index (χ3v) is 6.87. The van der Waals surface area contributed by atoms with E-state index in [9.17, 15) is 8.42 Å². The number of hydrogen-bond acceptors (Lipinski definition) is 5. The van der Waals surface area contributed by atoms with Crippen LogP contribution in [-0.4, -0.2) is 52.5 Å². The number of rotatable bonds is 6. The molecule has 0 spiro atoms. The van der Waals surface area contributed by atoms with E-state index in [0.29, 0.717) is 13.1 Å². The number of hydrogen-bond donors (Lipinski definition) is 1. The van der Waals surface area contributed by atoms with Gasteiger partial charge in [-0.3, -0.25) is 4.90 Å². The van der Waals surface area contributed by atoms with E-state index in [2.05, 4.69) is 19.7 Å². The summed E-state index contributed by atoms with van der Waals surface area (Å²) < 4.78 is 30.1. The molecule has 130 valence electrons. The molecule has 3 rings (SSSR count). The lowest BCUT2D eigenvalue weighted by molar-refractivity contribution is 0.213. The highest BCUT2D eigenvalue weighted by molar-refractivity contribution is 7.90. The van der Waals surface area contributed by atoms with Gasteiger partial charge in [-0.05, 0) is 39.2 Å². The highest BCUT2D eigenvalue weighted by Gasteiger charge is 2.33. The van der Waals surface area contributed by atoms with Crippen molar-refractivity contribution in [2.75, 3.05) is 13.1 Å². The lowest BCUT2D eigenvalue weighted by atomic mass is 10.1. The van der Waals surface area contributed by atoms with Gasteiger partial charge in [-0.25, -0.2) is 22.8 Å². The van der Waals surface area contributed by atoms with E-state index in [0.717, 1.165) is 57.4 Å². The average Bonchev–Trinajstić information content (AvgIpc) is 3.18. The number of nitrogens with one attached hydrogen (secondary N) is 1. The average molecular weight is 341 g/mol. The molecule has 0 aromatic carbocycles. The Bertz CT molecular complexity index is 609. The maximum atomic E-state index is 12.6. The van der Waals surface area contributed by atoms with Gasteiger partial charge in [0.2, 0.25) is 10.0 Å². The van der Waals surface area contributed by atoms with Crippen LogP contribution in [0.25, 0.3) is 0 Å². The summed E-state index contributed by atoms with van der Waals surface area (Å²) in [5.74, 6) is 0.911. The molecule has 1 aliphatic heterocycles. The van der Waals surface area contributed by atoms with Crippen LogP contribution in [0.3, 0.4) is 0 Å². The monoisotopic (exact) mass is 341 g/mol. The van der Waals surface area contributed by atoms with Gasteiger partial charge < -0.3 is 0 Å². The van der Waals surface area contributed by atoms with E-state index in [-0.39, 0.29) is 11.3 Å². The molecule has 23 heavy (non-hydrogen) atoms. The third-order valence-electron chi connectivity index (χ3n) is 4.95. The zero-order chi connectivity index (χ0) is 16.3. The predicted molar refractivity (Wildman–Crippen MR) is 88.3 cm³/mol. The Balaban J connectivity index is 1.61. The lowest BCUT2D eigenvalue weighted by Crippen LogP contribution is -2.48. The van der Waals surface area contributed by atoms with E-state index in [1.807, 2.05) is 11.6 Å². The van der Waals surface area contributed by atoms with Crippen LogP contribution >= 0.6 is 0 Å². The fourth-order valence-corrected chi connectivity index (χ4v) is 5.43. The van der Waals surface area contributed by atoms with Crippen molar-refractivity contribution in [3.8, 4) is 0 Å². The smallest absolute Gasteiger partial charge is 0.215 e. The topological polar surface area (TPSA) is 80.1 Å². The van der Waals surface area contributed by atoms with Crippen molar-refractivity contribution in [2.24, 2.45) is 0 Å². The summed E-state index contributed by atoms with van der Waals surface area (Å²) in [6.07, 6.45) is 7.46. The van der Waals surface area contributed by atoms with Gasteiger partial charge in [0.15, 0.2) is 0 Å². The molecular formula is C15H27N5O2S. The minimum atomic E-state index is -3.23. The summed E-state index contributed by atoms with van der Waals surface area (Å²) in [4.78, 5) is 6.49. The minimum Gasteiger partial charge on any atom is -0.295 e. The van der Waals surface area contributed by atoms with Gasteiger partial charge in [-0.15, -0.1) is 0 Å². The Kier molecular flexibility index (Phi) is 5.33. The standard InChI is InChI=1S/C15H27N5O2S/c1-2-20-15(16-12-17-20)11-19-9-5-8-14(10-19)23(21,22)18-13-6-3-4-7-13/h12-14,18H,2-11H2,1H3/t14-/m1/s1. The quantitative estimate of drug-likeness (QED) is 0.839. The van der Waals surface area contributed by atoms with Crippen molar-refractivity contribution in [3.63, 3.8) is 0 Å². The second kappa shape index (κ2) is 7.27. The fraction of sp³-hybridized carbons (Fsp3) is 0.867. The first-order chi connectivity index (χ1) is 11.1. The van der Waals surface area contributed by atoms with Crippen molar-refractivity contribution in [2.45, 2.75) is 69.8 Å². The third kappa shape index (κ3) is 4.10. The largest absolute Gasteiger partial charge is 0.295 e. The van der Waals surface area contributed by atoms with Gasteiger partial charge in [0.05, 0.1) is 11.8 Å². The molecule has 1 aromatic rings. The normalized spacial score (nSPS) is 24.3. The van der Waals surface area contributed by atoms with E-state index < -0.39 is 10.0 Å². The van der Waals surface area contributed by atoms with Crippen molar-refractivity contribution < 1.29 is 8.42 Å². The minimum absolute atomic E-state index is 0.151. The van der Waals surface area contributed by atoms with Crippen LogP contribution in [0.4, 0.5) is 0 Å². The highest BCUT2D eigenvalue weighted by atomic mass is 32.2. The highest BCUT2D eigenvalue weighted by Crippen LogP contribution is 2.22. The van der Waals surface area contributed by atoms with Crippen LogP contribution in [0.15, 0.2) is 6.33 Å². The van der Waals surface area contributed by atoms with Crippen LogP contribution in [0, 0.1) is 0 Å². The van der Waals surface area contributed by atoms with Crippen LogP contribution in [0.2, 0.25) is 0 Å². The molecule has 0 unspecified atom stereocenters. The summed E-state index contributed by atoms with van der Waals surface area (Å²) in [5, 5.41) is 3.87. The number of sulfonamides is 1. The Labute approximate surface area is 138 Å². The van der Waals surface area contributed by atoms with E-state index >= 15 is 0 Å². The summed E-state index contributed by atoms with van der Waals surface area (Å²) in [7, 11) is -3.23. The molecule has 0 radical (unpaired) electrons. The Morgan fingerprint density at radius 1 is 1.26 bits per heavy atom. The number of aromatic nitrogens is 3. The maximum Gasteiger partial charge on any atom is 0.215 e. The number of aryl methyl sites for hydroxylation is 1. The molecule has 0 amide bonds.